The number of piperidine rings is 1. The standard InChI is InChI=1S/C25H24N6O.C25H27N5O.C25H23N5O.C24H22N6O/c1-16(2)21-6-4-5-7-22(21)24-26-15-19-14-23(32)31(25(19)28-24)17(3)18-8-10-20(11-9-18)30-13-12-27-29-30;1-17(2)21-7-3-4-8-22(21)24-27-15-18-14-23(31)30(25(18)28-24)19-9-12-29(13-10-19)20-6-5-11-26-16-20;1-17(2)21-6-3-4-7-22(21)24-26-15-19-14-23(31)29(25(19)28-24)16-18-8-10-20(11-9-18)30-13-5-12-27-30;1-16(2)19-6-3-4-7-20(19)23-26-14-18-12-22(31)29(24(18)28-23)15-17-8-9-21(25-13-17)30-11-5-10-27-30/h4-13,15-17H,14H2,1-3H3;3-8,11,15-17,19H,9-10,12-14H2,1-2H3;3-13,15,17H,14,16H2,1-2H3;3-11,13-14,16H,12,15H2,1-2H3/t17-;;;/m0.../s1. The second-order valence-corrected chi connectivity index (χ2v) is 33.0. The molecule has 26 heteroatoms. The summed E-state index contributed by atoms with van der Waals surface area (Å²) in [7, 11) is 0. The molecule has 0 unspecified atom stereocenters. The third-order valence-electron chi connectivity index (χ3n) is 23.4. The molecule has 1 atom stereocenters. The number of carbonyl (C=O) groups excluding carboxylic acids is 4. The molecule has 15 aromatic rings. The van der Waals surface area contributed by atoms with Crippen LogP contribution in [0.15, 0.2) is 263 Å². The van der Waals surface area contributed by atoms with Crippen LogP contribution in [0.25, 0.3) is 62.7 Å². The van der Waals surface area contributed by atoms with Gasteiger partial charge in [0, 0.05) is 126 Å². The van der Waals surface area contributed by atoms with Crippen LogP contribution in [0.3, 0.4) is 0 Å². The van der Waals surface area contributed by atoms with Crippen molar-refractivity contribution in [1.29, 1.82) is 0 Å². The van der Waals surface area contributed by atoms with Gasteiger partial charge in [0.2, 0.25) is 23.6 Å². The molecule has 0 bridgehead atoms. The summed E-state index contributed by atoms with van der Waals surface area (Å²) < 4.78 is 5.22. The Kier molecular flexibility index (Phi) is 24.1. The molecule has 14 heterocycles. The van der Waals surface area contributed by atoms with Crippen LogP contribution in [0.1, 0.15) is 166 Å². The molecule has 0 spiro atoms. The highest BCUT2D eigenvalue weighted by Gasteiger charge is 2.39. The highest BCUT2D eigenvalue weighted by Crippen LogP contribution is 2.41. The van der Waals surface area contributed by atoms with Gasteiger partial charge in [-0.2, -0.15) is 10.2 Å². The van der Waals surface area contributed by atoms with Crippen molar-refractivity contribution in [1.82, 2.24) is 84.4 Å². The van der Waals surface area contributed by atoms with Crippen LogP contribution >= 0.6 is 0 Å². The normalized spacial score (nSPS) is 14.3. The molecule has 6 aromatic carbocycles. The number of amides is 4. The summed E-state index contributed by atoms with van der Waals surface area (Å²) in [4.78, 5) is 107. The highest BCUT2D eigenvalue weighted by molar-refractivity contribution is 6.03. The zero-order valence-electron chi connectivity index (χ0n) is 71.3. The minimum Gasteiger partial charge on any atom is -0.370 e. The van der Waals surface area contributed by atoms with Crippen molar-refractivity contribution < 1.29 is 19.2 Å². The lowest BCUT2D eigenvalue weighted by Crippen LogP contribution is -2.46. The van der Waals surface area contributed by atoms with E-state index < -0.39 is 0 Å². The number of nitrogens with zero attached hydrogens (tertiary/aromatic N) is 22. The second kappa shape index (κ2) is 36.5. The number of benzene rings is 6. The van der Waals surface area contributed by atoms with Gasteiger partial charge in [-0.3, -0.25) is 43.8 Å². The Labute approximate surface area is 725 Å². The van der Waals surface area contributed by atoms with E-state index in [1.807, 2.05) is 181 Å². The number of anilines is 5. The molecule has 4 amide bonds. The van der Waals surface area contributed by atoms with Gasteiger partial charge in [-0.25, -0.2) is 58.9 Å². The fourth-order valence-electron chi connectivity index (χ4n) is 16.8. The molecule has 1 fully saturated rings. The van der Waals surface area contributed by atoms with Crippen molar-refractivity contribution in [2.75, 3.05) is 37.6 Å². The Morgan fingerprint density at radius 3 is 1.26 bits per heavy atom. The highest BCUT2D eigenvalue weighted by atomic mass is 16.2. The summed E-state index contributed by atoms with van der Waals surface area (Å²) in [6.45, 7) is 22.0. The lowest BCUT2D eigenvalue weighted by molar-refractivity contribution is -0.118. The van der Waals surface area contributed by atoms with E-state index in [9.17, 15) is 19.2 Å². The maximum absolute atomic E-state index is 13.0. The number of carbonyl (C=O) groups is 4. The molecule has 20 rings (SSSR count). The van der Waals surface area contributed by atoms with E-state index in [1.54, 1.807) is 79.8 Å². The number of pyridine rings is 2. The summed E-state index contributed by atoms with van der Waals surface area (Å²) in [5.74, 6) is 7.99. The third kappa shape index (κ3) is 17.7. The molecule has 0 saturated carbocycles. The zero-order chi connectivity index (χ0) is 86.4. The average Bonchev–Trinajstić information content (AvgIpc) is 1.63. The van der Waals surface area contributed by atoms with Gasteiger partial charge in [0.05, 0.1) is 80.5 Å². The van der Waals surface area contributed by atoms with Crippen molar-refractivity contribution in [2.45, 2.75) is 150 Å². The summed E-state index contributed by atoms with van der Waals surface area (Å²) in [6.07, 6.45) is 26.6. The average molecular weight is 1660 g/mol. The third-order valence-corrected chi connectivity index (χ3v) is 23.4. The van der Waals surface area contributed by atoms with E-state index in [4.69, 9.17) is 19.9 Å². The van der Waals surface area contributed by atoms with E-state index in [-0.39, 0.29) is 35.7 Å². The van der Waals surface area contributed by atoms with Gasteiger partial charge in [0.1, 0.15) is 23.3 Å². The van der Waals surface area contributed by atoms with Gasteiger partial charge in [0.15, 0.2) is 29.1 Å². The van der Waals surface area contributed by atoms with E-state index in [0.29, 0.717) is 103 Å². The van der Waals surface area contributed by atoms with Gasteiger partial charge >= 0.3 is 0 Å². The van der Waals surface area contributed by atoms with E-state index in [2.05, 4.69) is 153 Å². The molecule has 0 N–H and O–H groups in total. The zero-order valence-corrected chi connectivity index (χ0v) is 71.3. The molecule has 9 aromatic heterocycles. The summed E-state index contributed by atoms with van der Waals surface area (Å²) in [6, 6.07) is 60.6. The monoisotopic (exact) mass is 1660 g/mol. The summed E-state index contributed by atoms with van der Waals surface area (Å²) in [5.41, 5.74) is 18.5. The summed E-state index contributed by atoms with van der Waals surface area (Å²) in [5, 5.41) is 16.3. The second-order valence-electron chi connectivity index (χ2n) is 33.0. The first kappa shape index (κ1) is 82.5. The fourth-order valence-corrected chi connectivity index (χ4v) is 16.8. The Balaban J connectivity index is 0.000000118. The topological polar surface area (TPSA) is 280 Å². The maximum Gasteiger partial charge on any atom is 0.233 e. The molecule has 26 nitrogen and oxygen atoms in total. The molecule has 5 aliphatic heterocycles. The van der Waals surface area contributed by atoms with Crippen LogP contribution < -0.4 is 24.5 Å². The minimum absolute atomic E-state index is 0.0229. The molecule has 5 aliphatic rings. The Hall–Kier alpha value is -14.8. The quantitative estimate of drug-likeness (QED) is 0.0727. The fraction of sp³-hybridized carbons (Fsp3) is 0.253. The number of fused-ring (bicyclic) bond motifs is 4. The van der Waals surface area contributed by atoms with Crippen LogP contribution in [0, 0.1) is 0 Å². The maximum atomic E-state index is 13.0. The number of aromatic nitrogens is 17. The molecule has 0 radical (unpaired) electrons. The van der Waals surface area contributed by atoms with Crippen LogP contribution in [0.4, 0.5) is 29.0 Å². The SMILES string of the molecule is CC(C)c1ccccc1-c1ncc2c(n1)N(C1CCN(c3cccnc3)CC1)C(=O)C2.CC(C)c1ccccc1-c1ncc2c(n1)N(Cc1ccc(-n3cccn3)cc1)C(=O)C2.CC(C)c1ccccc1-c1ncc2c(n1)N(Cc1ccc(-n3cccn3)nc1)C(=O)C2.CC(C)c1ccccc1-c1ncc2c(n1)N([C@@H](C)c1ccc(-n3ccnn3)cc1)C(=O)C2. The lowest BCUT2D eigenvalue weighted by atomic mass is 9.97. The van der Waals surface area contributed by atoms with Gasteiger partial charge in [-0.05, 0) is 137 Å². The Bertz CT molecular complexity index is 6160. The molecule has 0 aliphatic carbocycles. The predicted octanol–water partition coefficient (Wildman–Crippen LogP) is 17.2. The molecular weight excluding hydrogens is 1560 g/mol. The Morgan fingerprint density at radius 2 is 0.800 bits per heavy atom. The van der Waals surface area contributed by atoms with E-state index >= 15 is 0 Å². The largest absolute Gasteiger partial charge is 0.370 e. The van der Waals surface area contributed by atoms with Crippen molar-refractivity contribution in [2.24, 2.45) is 0 Å². The Morgan fingerprint density at radius 1 is 0.360 bits per heavy atom. The number of rotatable bonds is 19. The van der Waals surface area contributed by atoms with Crippen molar-refractivity contribution in [3.8, 4) is 62.7 Å². The van der Waals surface area contributed by atoms with Crippen molar-refractivity contribution >= 4 is 52.6 Å². The smallest absolute Gasteiger partial charge is 0.233 e. The van der Waals surface area contributed by atoms with Gasteiger partial charge in [0.25, 0.3) is 0 Å². The van der Waals surface area contributed by atoms with Gasteiger partial charge < -0.3 is 4.90 Å². The van der Waals surface area contributed by atoms with Gasteiger partial charge in [-0.15, -0.1) is 5.10 Å². The number of hydrogen-bond acceptors (Lipinski definition) is 19. The first-order valence-electron chi connectivity index (χ1n) is 42.6. The van der Waals surface area contributed by atoms with Crippen LogP contribution in [0.5, 0.6) is 0 Å². The van der Waals surface area contributed by atoms with Gasteiger partial charge in [-0.1, -0.05) is 188 Å². The van der Waals surface area contributed by atoms with Crippen LogP contribution in [-0.4, -0.2) is 127 Å². The molecule has 125 heavy (non-hydrogen) atoms. The lowest BCUT2D eigenvalue weighted by Gasteiger charge is -2.37. The molecular formula is C99H96N22O4. The summed E-state index contributed by atoms with van der Waals surface area (Å²) >= 11 is 0. The van der Waals surface area contributed by atoms with E-state index in [1.165, 1.54) is 22.3 Å². The minimum atomic E-state index is -0.156. The van der Waals surface area contributed by atoms with Crippen molar-refractivity contribution in [3.63, 3.8) is 0 Å². The molecule has 626 valence electrons. The van der Waals surface area contributed by atoms with Crippen LogP contribution in [-0.2, 0) is 58.0 Å². The molecule has 1 saturated heterocycles. The number of hydrogen-bond donors (Lipinski definition) is 0. The first-order chi connectivity index (χ1) is 60.8. The van der Waals surface area contributed by atoms with Crippen LogP contribution in [0.2, 0.25) is 0 Å². The van der Waals surface area contributed by atoms with E-state index in [0.717, 1.165) is 116 Å². The first-order valence-corrected chi connectivity index (χ1v) is 42.6. The predicted molar refractivity (Wildman–Crippen MR) is 483 cm³/mol. The van der Waals surface area contributed by atoms with Crippen molar-refractivity contribution in [3.05, 3.63) is 324 Å².